The molecule has 0 radical (unpaired) electrons. The van der Waals surface area contributed by atoms with Crippen LogP contribution in [0.3, 0.4) is 0 Å². The minimum absolute atomic E-state index is 0.336. The fourth-order valence-corrected chi connectivity index (χ4v) is 4.01. The largest absolute Gasteiger partial charge is 0.342 e. The molecule has 0 spiro atoms. The van der Waals surface area contributed by atoms with Crippen LogP contribution in [0.1, 0.15) is 44.6 Å². The Hall–Kier alpha value is -1.69. The Morgan fingerprint density at radius 2 is 1.88 bits per heavy atom. The molecule has 1 aromatic heterocycles. The van der Waals surface area contributed by atoms with Crippen LogP contribution in [0.2, 0.25) is 0 Å². The van der Waals surface area contributed by atoms with Crippen molar-refractivity contribution in [2.45, 2.75) is 51.6 Å². The number of nitrogens with one attached hydrogen (secondary N) is 1. The molecule has 0 aromatic carbocycles. The van der Waals surface area contributed by atoms with Crippen LogP contribution in [-0.4, -0.2) is 53.0 Å². The van der Waals surface area contributed by atoms with Gasteiger partial charge in [-0.3, -0.25) is 4.79 Å². The van der Waals surface area contributed by atoms with Gasteiger partial charge < -0.3 is 15.1 Å². The van der Waals surface area contributed by atoms with Gasteiger partial charge in [-0.25, -0.2) is 9.97 Å². The summed E-state index contributed by atoms with van der Waals surface area (Å²) in [7, 11) is 0. The van der Waals surface area contributed by atoms with Crippen molar-refractivity contribution < 1.29 is 4.79 Å². The highest BCUT2D eigenvalue weighted by molar-refractivity contribution is 5.81. The molecule has 1 amide bonds. The van der Waals surface area contributed by atoms with E-state index in [1.807, 2.05) is 12.4 Å². The third-order valence-electron chi connectivity index (χ3n) is 5.79. The first-order valence-corrected chi connectivity index (χ1v) is 9.79. The monoisotopic (exact) mass is 343 g/mol. The highest BCUT2D eigenvalue weighted by Crippen LogP contribution is 2.32. The summed E-state index contributed by atoms with van der Waals surface area (Å²) in [6.07, 6.45) is 9.61. The maximum absolute atomic E-state index is 12.2. The maximum atomic E-state index is 12.2. The molecule has 6 nitrogen and oxygen atoms in total. The van der Waals surface area contributed by atoms with Crippen LogP contribution in [0, 0.1) is 11.8 Å². The van der Waals surface area contributed by atoms with Gasteiger partial charge in [0.25, 0.3) is 0 Å². The molecule has 3 aliphatic rings. The minimum atomic E-state index is 0.336. The molecule has 4 rings (SSSR count). The second-order valence-electron chi connectivity index (χ2n) is 7.90. The van der Waals surface area contributed by atoms with Crippen molar-refractivity contribution in [3.63, 3.8) is 0 Å². The van der Waals surface area contributed by atoms with Gasteiger partial charge in [0.2, 0.25) is 11.9 Å². The lowest BCUT2D eigenvalue weighted by Gasteiger charge is -2.37. The first-order valence-electron chi connectivity index (χ1n) is 9.79. The van der Waals surface area contributed by atoms with E-state index in [1.54, 1.807) is 0 Å². The molecular formula is C19H29N5O. The smallest absolute Gasteiger partial charge is 0.225 e. The molecule has 2 unspecified atom stereocenters. The van der Waals surface area contributed by atoms with Crippen LogP contribution in [0.4, 0.5) is 5.95 Å². The first-order chi connectivity index (χ1) is 12.2. The summed E-state index contributed by atoms with van der Waals surface area (Å²) in [5.74, 6) is 2.07. The molecule has 3 heterocycles. The SMILES string of the molecule is CC1CN(C(=O)C2CC2)CCC1NCc1cnc(N2CCCC2)nc1. The van der Waals surface area contributed by atoms with Crippen LogP contribution in [0.15, 0.2) is 12.4 Å². The fourth-order valence-electron chi connectivity index (χ4n) is 4.01. The number of aromatic nitrogens is 2. The predicted molar refractivity (Wildman–Crippen MR) is 97.2 cm³/mol. The van der Waals surface area contributed by atoms with Crippen LogP contribution in [-0.2, 0) is 11.3 Å². The third kappa shape index (κ3) is 3.94. The van der Waals surface area contributed by atoms with E-state index >= 15 is 0 Å². The highest BCUT2D eigenvalue weighted by Gasteiger charge is 2.36. The van der Waals surface area contributed by atoms with Gasteiger partial charge in [-0.05, 0) is 38.0 Å². The van der Waals surface area contributed by atoms with E-state index in [1.165, 1.54) is 12.8 Å². The lowest BCUT2D eigenvalue weighted by atomic mass is 9.93. The van der Waals surface area contributed by atoms with E-state index in [9.17, 15) is 4.79 Å². The predicted octanol–water partition coefficient (Wildman–Crippen LogP) is 1.81. The molecule has 3 fully saturated rings. The molecule has 2 atom stereocenters. The number of hydrogen-bond donors (Lipinski definition) is 1. The molecule has 2 aliphatic heterocycles. The van der Waals surface area contributed by atoms with Crippen molar-refractivity contribution in [2.24, 2.45) is 11.8 Å². The van der Waals surface area contributed by atoms with Gasteiger partial charge in [0.05, 0.1) is 0 Å². The summed E-state index contributed by atoms with van der Waals surface area (Å²) < 4.78 is 0. The Balaban J connectivity index is 1.26. The Morgan fingerprint density at radius 1 is 1.16 bits per heavy atom. The number of nitrogens with zero attached hydrogens (tertiary/aromatic N) is 4. The maximum Gasteiger partial charge on any atom is 0.225 e. The molecule has 2 saturated heterocycles. The van der Waals surface area contributed by atoms with Crippen LogP contribution in [0.25, 0.3) is 0 Å². The van der Waals surface area contributed by atoms with Gasteiger partial charge in [0.15, 0.2) is 0 Å². The quantitative estimate of drug-likeness (QED) is 0.883. The number of rotatable bonds is 5. The van der Waals surface area contributed by atoms with E-state index in [4.69, 9.17) is 0 Å². The summed E-state index contributed by atoms with van der Waals surface area (Å²) in [5.41, 5.74) is 1.13. The molecule has 1 aliphatic carbocycles. The molecule has 6 heteroatoms. The van der Waals surface area contributed by atoms with Gasteiger partial charge in [0.1, 0.15) is 0 Å². The van der Waals surface area contributed by atoms with Gasteiger partial charge in [-0.1, -0.05) is 6.92 Å². The van der Waals surface area contributed by atoms with Crippen molar-refractivity contribution in [2.75, 3.05) is 31.1 Å². The number of piperidine rings is 1. The Bertz CT molecular complexity index is 594. The van der Waals surface area contributed by atoms with Gasteiger partial charge in [-0.2, -0.15) is 0 Å². The Morgan fingerprint density at radius 3 is 2.52 bits per heavy atom. The Kier molecular flexibility index (Phi) is 4.88. The molecule has 25 heavy (non-hydrogen) atoms. The summed E-state index contributed by atoms with van der Waals surface area (Å²) >= 11 is 0. The van der Waals surface area contributed by atoms with Crippen molar-refractivity contribution in [3.8, 4) is 0 Å². The second kappa shape index (κ2) is 7.28. The van der Waals surface area contributed by atoms with Gasteiger partial charge >= 0.3 is 0 Å². The van der Waals surface area contributed by atoms with Gasteiger partial charge in [-0.15, -0.1) is 0 Å². The van der Waals surface area contributed by atoms with Crippen LogP contribution < -0.4 is 10.2 Å². The zero-order valence-electron chi connectivity index (χ0n) is 15.2. The summed E-state index contributed by atoms with van der Waals surface area (Å²) in [5, 5.41) is 3.65. The molecule has 1 aromatic rings. The summed E-state index contributed by atoms with van der Waals surface area (Å²) in [4.78, 5) is 25.6. The van der Waals surface area contributed by atoms with Crippen molar-refractivity contribution in [1.29, 1.82) is 0 Å². The van der Waals surface area contributed by atoms with Crippen LogP contribution >= 0.6 is 0 Å². The van der Waals surface area contributed by atoms with E-state index in [-0.39, 0.29) is 0 Å². The first kappa shape index (κ1) is 16.8. The number of amides is 1. The topological polar surface area (TPSA) is 61.4 Å². The molecular weight excluding hydrogens is 314 g/mol. The zero-order chi connectivity index (χ0) is 17.2. The van der Waals surface area contributed by atoms with Crippen molar-refractivity contribution >= 4 is 11.9 Å². The lowest BCUT2D eigenvalue weighted by Crippen LogP contribution is -2.50. The number of carbonyl (C=O) groups is 1. The highest BCUT2D eigenvalue weighted by atomic mass is 16.2. The lowest BCUT2D eigenvalue weighted by molar-refractivity contribution is -0.134. The normalized spacial score (nSPS) is 26.9. The van der Waals surface area contributed by atoms with E-state index < -0.39 is 0 Å². The van der Waals surface area contributed by atoms with E-state index in [0.29, 0.717) is 23.8 Å². The number of anilines is 1. The minimum Gasteiger partial charge on any atom is -0.342 e. The third-order valence-corrected chi connectivity index (χ3v) is 5.79. The number of hydrogen-bond acceptors (Lipinski definition) is 5. The zero-order valence-corrected chi connectivity index (χ0v) is 15.2. The standard InChI is InChI=1S/C19H29N5O/c1-14-13-24(18(25)16-4-5-16)9-6-17(14)20-10-15-11-21-19(22-12-15)23-7-2-3-8-23/h11-12,14,16-17,20H,2-10,13H2,1H3. The molecule has 1 N–H and O–H groups in total. The van der Waals surface area contributed by atoms with E-state index in [0.717, 1.165) is 63.5 Å². The van der Waals surface area contributed by atoms with Crippen LogP contribution in [0.5, 0.6) is 0 Å². The summed E-state index contributed by atoms with van der Waals surface area (Å²) in [6.45, 7) is 6.97. The number of carbonyl (C=O) groups excluding carboxylic acids is 1. The second-order valence-corrected chi connectivity index (χ2v) is 7.90. The summed E-state index contributed by atoms with van der Waals surface area (Å²) in [6, 6.07) is 0.460. The average Bonchev–Trinajstić information content (AvgIpc) is 3.35. The fraction of sp³-hybridized carbons (Fsp3) is 0.737. The van der Waals surface area contributed by atoms with Crippen molar-refractivity contribution in [1.82, 2.24) is 20.2 Å². The average molecular weight is 343 g/mol. The molecule has 0 bridgehead atoms. The van der Waals surface area contributed by atoms with Crippen molar-refractivity contribution in [3.05, 3.63) is 18.0 Å². The van der Waals surface area contributed by atoms with Gasteiger partial charge in [0, 0.05) is 62.6 Å². The van der Waals surface area contributed by atoms with E-state index in [2.05, 4.69) is 32.0 Å². The molecule has 1 saturated carbocycles. The number of likely N-dealkylation sites (tertiary alicyclic amines) is 1. The Labute approximate surface area is 150 Å². The molecule has 136 valence electrons.